The first-order valence-corrected chi connectivity index (χ1v) is 14.1. The Kier molecular flexibility index (Phi) is 13.4. The average Bonchev–Trinajstić information content (AvgIpc) is 2.95. The zero-order valence-corrected chi connectivity index (χ0v) is 24.4. The molecule has 0 saturated heterocycles. The van der Waals surface area contributed by atoms with Crippen LogP contribution in [0.3, 0.4) is 0 Å². The number of benzene rings is 2. The number of likely N-dealkylation sites (N-methyl/N-ethyl adjacent to an activating group) is 1. The van der Waals surface area contributed by atoms with Crippen molar-refractivity contribution in [1.29, 1.82) is 0 Å². The maximum Gasteiger partial charge on any atom is 0.253 e. The fraction of sp³-hybridized carbons (Fsp3) is 0.469. The van der Waals surface area contributed by atoms with Gasteiger partial charge >= 0.3 is 0 Å². The Hall–Kier alpha value is -3.67. The largest absolute Gasteiger partial charge is 0.390 e. The van der Waals surface area contributed by atoms with Gasteiger partial charge in [-0.15, -0.1) is 6.42 Å². The van der Waals surface area contributed by atoms with Crippen molar-refractivity contribution in [3.63, 3.8) is 0 Å². The Labute approximate surface area is 239 Å². The van der Waals surface area contributed by atoms with Crippen LogP contribution in [0.5, 0.6) is 0 Å². The number of carbonyl (C=O) groups excluding carboxylic acids is 3. The van der Waals surface area contributed by atoms with Gasteiger partial charge in [0.2, 0.25) is 5.91 Å². The third kappa shape index (κ3) is 9.82. The number of hydrazine groups is 1. The van der Waals surface area contributed by atoms with Crippen LogP contribution in [0.4, 0.5) is 0 Å². The second-order valence-corrected chi connectivity index (χ2v) is 10.2. The van der Waals surface area contributed by atoms with E-state index in [0.717, 1.165) is 18.4 Å². The van der Waals surface area contributed by atoms with E-state index >= 15 is 0 Å². The number of hydrogen-bond donors (Lipinski definition) is 3. The van der Waals surface area contributed by atoms with Crippen molar-refractivity contribution < 1.29 is 19.5 Å². The van der Waals surface area contributed by atoms with Crippen molar-refractivity contribution in [2.75, 3.05) is 26.2 Å². The van der Waals surface area contributed by atoms with Gasteiger partial charge in [-0.3, -0.25) is 19.8 Å². The van der Waals surface area contributed by atoms with E-state index in [1.165, 1.54) is 0 Å². The van der Waals surface area contributed by atoms with Gasteiger partial charge in [-0.1, -0.05) is 70.9 Å². The number of aliphatic hydroxyl groups is 1. The number of amides is 3. The van der Waals surface area contributed by atoms with E-state index in [1.807, 2.05) is 51.1 Å². The molecule has 2 atom stereocenters. The highest BCUT2D eigenvalue weighted by molar-refractivity contribution is 6.00. The molecule has 2 rings (SSSR count). The van der Waals surface area contributed by atoms with Crippen LogP contribution < -0.4 is 10.7 Å². The van der Waals surface area contributed by atoms with E-state index in [4.69, 9.17) is 6.42 Å². The summed E-state index contributed by atoms with van der Waals surface area (Å²) in [4.78, 5) is 40.8. The summed E-state index contributed by atoms with van der Waals surface area (Å²) in [5, 5.41) is 15.9. The first kappa shape index (κ1) is 32.5. The van der Waals surface area contributed by atoms with E-state index in [-0.39, 0.29) is 29.8 Å². The molecule has 2 unspecified atom stereocenters. The summed E-state index contributed by atoms with van der Waals surface area (Å²) in [5.74, 6) is 1.57. The molecule has 0 aliphatic carbocycles. The smallest absolute Gasteiger partial charge is 0.253 e. The maximum absolute atomic E-state index is 13.5. The van der Waals surface area contributed by atoms with Crippen LogP contribution in [-0.2, 0) is 11.2 Å². The van der Waals surface area contributed by atoms with E-state index in [2.05, 4.69) is 16.7 Å². The van der Waals surface area contributed by atoms with Crippen LogP contribution in [-0.4, -0.2) is 71.1 Å². The van der Waals surface area contributed by atoms with Crippen LogP contribution in [0.1, 0.15) is 79.3 Å². The third-order valence-electron chi connectivity index (χ3n) is 6.54. The third-order valence-corrected chi connectivity index (χ3v) is 6.54. The second kappa shape index (κ2) is 16.4. The molecule has 8 nitrogen and oxygen atoms in total. The van der Waals surface area contributed by atoms with Crippen LogP contribution >= 0.6 is 0 Å². The minimum Gasteiger partial charge on any atom is -0.390 e. The van der Waals surface area contributed by atoms with Crippen molar-refractivity contribution >= 4 is 17.7 Å². The molecule has 0 aromatic heterocycles. The van der Waals surface area contributed by atoms with Gasteiger partial charge in [0.05, 0.1) is 12.1 Å². The molecule has 216 valence electrons. The Morgan fingerprint density at radius 2 is 1.60 bits per heavy atom. The Bertz CT molecular complexity index is 1150. The first-order valence-electron chi connectivity index (χ1n) is 14.1. The summed E-state index contributed by atoms with van der Waals surface area (Å²) < 4.78 is 0. The van der Waals surface area contributed by atoms with Crippen molar-refractivity contribution in [2.45, 2.75) is 66.0 Å². The standard InChI is InChI=1S/C32H44N4O4/c1-7-16-35(17-8-2)32(40)27-19-24(9-3)18-26(21-27)31(39)33-28(20-25-14-12-11-13-15-25)29(37)22-36(10-4)34-30(38)23(5)6/h3,11-15,18-19,21,23,28-29,37H,7-8,10,16-17,20,22H2,1-2,4-6H3,(H,33,39)(H,34,38). The van der Waals surface area contributed by atoms with Crippen molar-refractivity contribution in [3.05, 3.63) is 70.8 Å². The molecule has 3 N–H and O–H groups in total. The van der Waals surface area contributed by atoms with E-state index < -0.39 is 18.1 Å². The first-order chi connectivity index (χ1) is 19.1. The molecule has 0 bridgehead atoms. The number of rotatable bonds is 15. The molecule has 2 aromatic carbocycles. The van der Waals surface area contributed by atoms with Gasteiger partial charge in [0, 0.05) is 48.8 Å². The number of aliphatic hydroxyl groups excluding tert-OH is 1. The predicted molar refractivity (Wildman–Crippen MR) is 158 cm³/mol. The number of carbonyl (C=O) groups is 3. The molecular formula is C32H44N4O4. The van der Waals surface area contributed by atoms with Gasteiger partial charge in [0.15, 0.2) is 0 Å². The number of nitrogens with zero attached hydrogens (tertiary/aromatic N) is 2. The van der Waals surface area contributed by atoms with Crippen molar-refractivity contribution in [3.8, 4) is 12.3 Å². The van der Waals surface area contributed by atoms with E-state index in [9.17, 15) is 19.5 Å². The summed E-state index contributed by atoms with van der Waals surface area (Å²) in [7, 11) is 0. The quantitative estimate of drug-likeness (QED) is 0.233. The lowest BCUT2D eigenvalue weighted by atomic mass is 9.99. The number of terminal acetylenes is 1. The van der Waals surface area contributed by atoms with E-state index in [0.29, 0.717) is 37.2 Å². The van der Waals surface area contributed by atoms with Crippen molar-refractivity contribution in [2.24, 2.45) is 5.92 Å². The van der Waals surface area contributed by atoms with Gasteiger partial charge in [0.25, 0.3) is 11.8 Å². The summed E-state index contributed by atoms with van der Waals surface area (Å²) in [6.45, 7) is 11.3. The monoisotopic (exact) mass is 548 g/mol. The zero-order chi connectivity index (χ0) is 29.7. The summed E-state index contributed by atoms with van der Waals surface area (Å²) in [5.41, 5.74) is 4.79. The highest BCUT2D eigenvalue weighted by Gasteiger charge is 2.26. The van der Waals surface area contributed by atoms with Gasteiger partial charge in [0.1, 0.15) is 0 Å². The fourth-order valence-corrected chi connectivity index (χ4v) is 4.30. The van der Waals surface area contributed by atoms with Gasteiger partial charge in [-0.2, -0.15) is 0 Å². The average molecular weight is 549 g/mol. The normalized spacial score (nSPS) is 12.5. The summed E-state index contributed by atoms with van der Waals surface area (Å²) >= 11 is 0. The summed E-state index contributed by atoms with van der Waals surface area (Å²) in [6.07, 6.45) is 6.68. The number of hydrogen-bond acceptors (Lipinski definition) is 5. The molecule has 0 fully saturated rings. The van der Waals surface area contributed by atoms with Crippen molar-refractivity contribution in [1.82, 2.24) is 20.7 Å². The van der Waals surface area contributed by atoms with Crippen LogP contribution in [0.25, 0.3) is 0 Å². The SMILES string of the molecule is C#Cc1cc(C(=O)NC(Cc2ccccc2)C(O)CN(CC)NC(=O)C(C)C)cc(C(=O)N(CCC)CCC)c1. The van der Waals surface area contributed by atoms with Crippen LogP contribution in [0.15, 0.2) is 48.5 Å². The molecule has 0 heterocycles. The Morgan fingerprint density at radius 1 is 0.975 bits per heavy atom. The summed E-state index contributed by atoms with van der Waals surface area (Å²) in [6, 6.07) is 13.6. The molecule has 0 saturated carbocycles. The molecule has 3 amide bonds. The number of nitrogens with one attached hydrogen (secondary N) is 2. The fourth-order valence-electron chi connectivity index (χ4n) is 4.30. The Morgan fingerprint density at radius 3 is 2.15 bits per heavy atom. The van der Waals surface area contributed by atoms with Crippen LogP contribution in [0.2, 0.25) is 0 Å². The minimum atomic E-state index is -1.00. The lowest BCUT2D eigenvalue weighted by Crippen LogP contribution is -2.53. The van der Waals surface area contributed by atoms with Gasteiger partial charge in [-0.05, 0) is 43.0 Å². The molecule has 2 aromatic rings. The van der Waals surface area contributed by atoms with Crippen LogP contribution in [0, 0.1) is 18.3 Å². The van der Waals surface area contributed by atoms with Gasteiger partial charge < -0.3 is 15.3 Å². The highest BCUT2D eigenvalue weighted by atomic mass is 16.3. The molecule has 0 radical (unpaired) electrons. The molecule has 0 aliphatic rings. The predicted octanol–water partition coefficient (Wildman–Crippen LogP) is 3.64. The molecule has 8 heteroatoms. The minimum absolute atomic E-state index is 0.115. The zero-order valence-electron chi connectivity index (χ0n) is 24.4. The molecule has 0 spiro atoms. The Balaban J connectivity index is 2.34. The molecular weight excluding hydrogens is 504 g/mol. The lowest BCUT2D eigenvalue weighted by molar-refractivity contribution is -0.129. The van der Waals surface area contributed by atoms with E-state index in [1.54, 1.807) is 42.0 Å². The molecule has 40 heavy (non-hydrogen) atoms. The maximum atomic E-state index is 13.5. The molecule has 0 aliphatic heterocycles. The second-order valence-electron chi connectivity index (χ2n) is 10.2. The van der Waals surface area contributed by atoms with Gasteiger partial charge in [-0.25, -0.2) is 5.01 Å². The topological polar surface area (TPSA) is 102 Å². The lowest BCUT2D eigenvalue weighted by Gasteiger charge is -2.30. The highest BCUT2D eigenvalue weighted by Crippen LogP contribution is 2.15.